The van der Waals surface area contributed by atoms with E-state index in [-0.39, 0.29) is 23.8 Å². The van der Waals surface area contributed by atoms with Crippen molar-refractivity contribution in [1.29, 1.82) is 0 Å². The number of benzene rings is 2. The van der Waals surface area contributed by atoms with Crippen molar-refractivity contribution in [3.8, 4) is 5.75 Å². The van der Waals surface area contributed by atoms with Crippen LogP contribution in [0.25, 0.3) is 4.85 Å². The fourth-order valence-corrected chi connectivity index (χ4v) is 3.86. The first kappa shape index (κ1) is 26.6. The molecule has 4 rings (SSSR count). The molecule has 2 fully saturated rings. The molecule has 0 bridgehead atoms. The lowest BCUT2D eigenvalue weighted by Gasteiger charge is -2.30. The molecule has 2 aliphatic heterocycles. The number of nitrogens with zero attached hydrogens (tertiary/aromatic N) is 3. The van der Waals surface area contributed by atoms with Gasteiger partial charge < -0.3 is 35.0 Å². The summed E-state index contributed by atoms with van der Waals surface area (Å²) in [6.45, 7) is 12.6. The van der Waals surface area contributed by atoms with Gasteiger partial charge in [0, 0.05) is 77.2 Å². The third-order valence-electron chi connectivity index (χ3n) is 5.69. The Balaban J connectivity index is 0.000000196. The number of hydrogen-bond acceptors (Lipinski definition) is 7. The van der Waals surface area contributed by atoms with Gasteiger partial charge in [-0.05, 0) is 18.2 Å². The number of nitrogens with one attached hydrogen (secondary N) is 2. The van der Waals surface area contributed by atoms with Crippen molar-refractivity contribution in [1.82, 2.24) is 10.6 Å². The molecule has 0 saturated carbocycles. The monoisotopic (exact) mass is 493 g/mol. The molecular weight excluding hydrogens is 463 g/mol. The Labute approximate surface area is 203 Å². The highest BCUT2D eigenvalue weighted by molar-refractivity contribution is 5.51. The first-order valence-corrected chi connectivity index (χ1v) is 11.3. The number of aliphatic hydroxyl groups excluding tert-OH is 1. The Morgan fingerprint density at radius 2 is 1.49 bits per heavy atom. The lowest BCUT2D eigenvalue weighted by molar-refractivity contribution is -0.0792. The van der Waals surface area contributed by atoms with Gasteiger partial charge in [-0.25, -0.2) is 19.7 Å². The molecular formula is C24H30F3N5O3. The van der Waals surface area contributed by atoms with Crippen LogP contribution in [0.1, 0.15) is 11.9 Å². The second kappa shape index (κ2) is 13.2. The van der Waals surface area contributed by atoms with Crippen LogP contribution in [-0.4, -0.2) is 71.3 Å². The molecule has 1 unspecified atom stereocenters. The van der Waals surface area contributed by atoms with Crippen LogP contribution in [0.3, 0.4) is 0 Å². The Bertz CT molecular complexity index is 1010. The highest BCUT2D eigenvalue weighted by Gasteiger charge is 2.20. The minimum atomic E-state index is -1.45. The number of ether oxygens (including phenoxy) is 2. The van der Waals surface area contributed by atoms with Gasteiger partial charge in [-0.15, -0.1) is 0 Å². The smallest absolute Gasteiger partial charge is 0.357 e. The van der Waals surface area contributed by atoms with Crippen molar-refractivity contribution in [2.24, 2.45) is 0 Å². The van der Waals surface area contributed by atoms with Crippen LogP contribution in [0.2, 0.25) is 0 Å². The fraction of sp³-hybridized carbons (Fsp3) is 0.458. The molecule has 2 heterocycles. The van der Waals surface area contributed by atoms with Gasteiger partial charge in [-0.1, -0.05) is 0 Å². The second-order valence-corrected chi connectivity index (χ2v) is 7.93. The highest BCUT2D eigenvalue weighted by Crippen LogP contribution is 2.27. The summed E-state index contributed by atoms with van der Waals surface area (Å²) in [4.78, 5) is 6.84. The van der Waals surface area contributed by atoms with E-state index >= 15 is 0 Å². The molecule has 2 aromatic carbocycles. The van der Waals surface area contributed by atoms with Gasteiger partial charge in [-0.3, -0.25) is 4.85 Å². The van der Waals surface area contributed by atoms with E-state index in [2.05, 4.69) is 20.2 Å². The van der Waals surface area contributed by atoms with E-state index in [1.165, 1.54) is 13.2 Å². The lowest BCUT2D eigenvalue weighted by Crippen LogP contribution is -2.44. The number of anilines is 2. The van der Waals surface area contributed by atoms with E-state index < -0.39 is 17.9 Å². The first-order chi connectivity index (χ1) is 16.9. The zero-order valence-electron chi connectivity index (χ0n) is 19.6. The molecule has 0 aliphatic carbocycles. The summed E-state index contributed by atoms with van der Waals surface area (Å²) >= 11 is 0. The third kappa shape index (κ3) is 7.22. The quantitative estimate of drug-likeness (QED) is 0.422. The van der Waals surface area contributed by atoms with Crippen molar-refractivity contribution >= 4 is 11.4 Å². The minimum Gasteiger partial charge on any atom is -0.426 e. The number of rotatable bonds is 6. The maximum atomic E-state index is 13.9. The normalized spacial score (nSPS) is 16.7. The SMILES string of the molecule is COC(O)c1cc(F)c(N2CCNCC2)cc1F.[C-]#[N+]COc1ccc(N2CCNCC2)c(F)c1. The van der Waals surface area contributed by atoms with E-state index in [1.807, 2.05) is 4.90 Å². The molecule has 0 radical (unpaired) electrons. The maximum absolute atomic E-state index is 13.9. The van der Waals surface area contributed by atoms with Crippen LogP contribution in [0.15, 0.2) is 30.3 Å². The van der Waals surface area contributed by atoms with Crippen LogP contribution in [0, 0.1) is 24.0 Å². The first-order valence-electron chi connectivity index (χ1n) is 11.3. The third-order valence-corrected chi connectivity index (χ3v) is 5.69. The molecule has 2 aromatic rings. The summed E-state index contributed by atoms with van der Waals surface area (Å²) < 4.78 is 51.2. The van der Waals surface area contributed by atoms with Crippen LogP contribution in [0.5, 0.6) is 5.75 Å². The number of hydrogen-bond donors (Lipinski definition) is 3. The van der Waals surface area contributed by atoms with E-state index in [1.54, 1.807) is 17.0 Å². The number of halogens is 3. The molecule has 1 atom stereocenters. The summed E-state index contributed by atoms with van der Waals surface area (Å²) in [5.41, 5.74) is 0.636. The Hall–Kier alpha value is -3.04. The largest absolute Gasteiger partial charge is 0.426 e. The van der Waals surface area contributed by atoms with Crippen molar-refractivity contribution in [2.75, 3.05) is 76.0 Å². The number of aliphatic hydroxyl groups is 1. The van der Waals surface area contributed by atoms with E-state index in [9.17, 15) is 18.3 Å². The minimum absolute atomic E-state index is 0.0770. The van der Waals surface area contributed by atoms with Crippen LogP contribution in [0.4, 0.5) is 24.5 Å². The predicted molar refractivity (Wildman–Crippen MR) is 127 cm³/mol. The lowest BCUT2D eigenvalue weighted by atomic mass is 10.1. The average molecular weight is 494 g/mol. The summed E-state index contributed by atoms with van der Waals surface area (Å²) in [6.07, 6.45) is -1.45. The molecule has 35 heavy (non-hydrogen) atoms. The van der Waals surface area contributed by atoms with Crippen molar-refractivity contribution in [2.45, 2.75) is 6.29 Å². The van der Waals surface area contributed by atoms with E-state index in [0.717, 1.165) is 51.4 Å². The van der Waals surface area contributed by atoms with Gasteiger partial charge >= 0.3 is 6.73 Å². The van der Waals surface area contributed by atoms with Crippen LogP contribution in [-0.2, 0) is 4.74 Å². The molecule has 0 aromatic heterocycles. The second-order valence-electron chi connectivity index (χ2n) is 7.93. The van der Waals surface area contributed by atoms with Crippen molar-refractivity contribution in [3.05, 3.63) is 64.8 Å². The molecule has 0 spiro atoms. The maximum Gasteiger partial charge on any atom is 0.357 e. The molecule has 190 valence electrons. The summed E-state index contributed by atoms with van der Waals surface area (Å²) in [7, 11) is 1.23. The summed E-state index contributed by atoms with van der Waals surface area (Å²) in [5.74, 6) is -1.12. The molecule has 2 saturated heterocycles. The fourth-order valence-electron chi connectivity index (χ4n) is 3.86. The van der Waals surface area contributed by atoms with Gasteiger partial charge in [-0.2, -0.15) is 0 Å². The van der Waals surface area contributed by atoms with Gasteiger partial charge in [0.25, 0.3) is 0 Å². The van der Waals surface area contributed by atoms with Gasteiger partial charge in [0.05, 0.1) is 11.4 Å². The molecule has 8 nitrogen and oxygen atoms in total. The highest BCUT2D eigenvalue weighted by atomic mass is 19.1. The molecule has 3 N–H and O–H groups in total. The molecule has 11 heteroatoms. The average Bonchev–Trinajstić information content (AvgIpc) is 2.89. The van der Waals surface area contributed by atoms with Crippen molar-refractivity contribution < 1.29 is 27.8 Å². The number of piperazine rings is 2. The zero-order valence-corrected chi connectivity index (χ0v) is 19.6. The van der Waals surface area contributed by atoms with Crippen molar-refractivity contribution in [3.63, 3.8) is 0 Å². The number of methoxy groups -OCH3 is 1. The topological polar surface area (TPSA) is 73.6 Å². The molecule has 0 amide bonds. The van der Waals surface area contributed by atoms with Crippen LogP contribution < -0.4 is 25.2 Å². The predicted octanol–water partition coefficient (Wildman–Crippen LogP) is 2.50. The Morgan fingerprint density at radius 1 is 0.914 bits per heavy atom. The summed E-state index contributed by atoms with van der Waals surface area (Å²) in [6, 6.07) is 6.84. The zero-order chi connectivity index (χ0) is 25.2. The standard InChI is InChI=1S/C12H16F2N2O2.C12H14FN3O/c1-18-12(17)8-6-10(14)11(7-9(8)13)16-4-2-15-3-5-16;1-14-9-17-10-2-3-12(11(13)8-10)16-6-4-15-5-7-16/h6-7,12,15,17H,2-5H2,1H3;2-3,8,15H,4-7,9H2. The van der Waals surface area contributed by atoms with E-state index in [4.69, 9.17) is 11.3 Å². The van der Waals surface area contributed by atoms with Gasteiger partial charge in [0.1, 0.15) is 23.2 Å². The van der Waals surface area contributed by atoms with Gasteiger partial charge in [0.15, 0.2) is 6.29 Å². The van der Waals surface area contributed by atoms with Gasteiger partial charge in [0.2, 0.25) is 0 Å². The molecule has 2 aliphatic rings. The van der Waals surface area contributed by atoms with Crippen LogP contribution >= 0.6 is 0 Å². The summed E-state index contributed by atoms with van der Waals surface area (Å²) in [5, 5.41) is 15.7. The Kier molecular flexibility index (Phi) is 9.98. The van der Waals surface area contributed by atoms with E-state index in [0.29, 0.717) is 24.5 Å². The Morgan fingerprint density at radius 3 is 2.03 bits per heavy atom.